The zero-order valence-corrected chi connectivity index (χ0v) is 9.19. The fourth-order valence-electron chi connectivity index (χ4n) is 1.98. The summed E-state index contributed by atoms with van der Waals surface area (Å²) in [5.74, 6) is 0. The van der Waals surface area contributed by atoms with E-state index in [2.05, 4.69) is 9.88 Å². The third kappa shape index (κ3) is 2.51. The highest BCUT2D eigenvalue weighted by atomic mass is 32.1. The summed E-state index contributed by atoms with van der Waals surface area (Å²) in [6, 6.07) is 0. The topological polar surface area (TPSA) is 16.1 Å². The Morgan fingerprint density at radius 3 is 3.21 bits per heavy atom. The molecule has 1 aliphatic rings. The van der Waals surface area contributed by atoms with Crippen molar-refractivity contribution in [3.05, 3.63) is 16.6 Å². The minimum atomic E-state index is -1.01. The van der Waals surface area contributed by atoms with Gasteiger partial charge in [0.15, 0.2) is 0 Å². The second-order valence-electron chi connectivity index (χ2n) is 4.21. The number of alkyl halides is 1. The van der Waals surface area contributed by atoms with Crippen LogP contribution in [-0.4, -0.2) is 28.6 Å². The summed E-state index contributed by atoms with van der Waals surface area (Å²) >= 11 is 1.60. The molecule has 0 bridgehead atoms. The maximum absolute atomic E-state index is 13.7. The average molecular weight is 214 g/mol. The first-order chi connectivity index (χ1) is 6.66. The summed E-state index contributed by atoms with van der Waals surface area (Å²) in [5, 5.41) is 2.03. The molecule has 1 atom stereocenters. The molecule has 1 aromatic rings. The van der Waals surface area contributed by atoms with Gasteiger partial charge in [-0.25, -0.2) is 9.37 Å². The van der Waals surface area contributed by atoms with Crippen molar-refractivity contribution in [2.45, 2.75) is 32.0 Å². The lowest BCUT2D eigenvalue weighted by molar-refractivity contribution is 0.0557. The van der Waals surface area contributed by atoms with Crippen LogP contribution in [0.2, 0.25) is 0 Å². The predicted octanol–water partition coefficient (Wildman–Crippen LogP) is 2.47. The summed E-state index contributed by atoms with van der Waals surface area (Å²) < 4.78 is 13.7. The van der Waals surface area contributed by atoms with E-state index in [0.717, 1.165) is 25.2 Å². The molecule has 0 saturated carbocycles. The van der Waals surface area contributed by atoms with E-state index in [1.165, 1.54) is 0 Å². The van der Waals surface area contributed by atoms with Crippen LogP contribution in [0.5, 0.6) is 0 Å². The number of aromatic nitrogens is 1. The zero-order chi connectivity index (χ0) is 10.0. The van der Waals surface area contributed by atoms with Crippen LogP contribution in [0.25, 0.3) is 0 Å². The van der Waals surface area contributed by atoms with Gasteiger partial charge in [0, 0.05) is 18.5 Å². The molecular weight excluding hydrogens is 199 g/mol. The molecule has 0 amide bonds. The minimum Gasteiger partial charge on any atom is -0.294 e. The Balaban J connectivity index is 1.92. The van der Waals surface area contributed by atoms with Crippen LogP contribution in [0.1, 0.15) is 25.5 Å². The molecule has 2 heterocycles. The Labute approximate surface area is 87.8 Å². The van der Waals surface area contributed by atoms with Gasteiger partial charge in [0.05, 0.1) is 11.2 Å². The number of rotatable bonds is 2. The average Bonchev–Trinajstić information content (AvgIpc) is 2.54. The number of hydrogen-bond donors (Lipinski definition) is 0. The van der Waals surface area contributed by atoms with E-state index < -0.39 is 5.67 Å². The fraction of sp³-hybridized carbons (Fsp3) is 0.700. The second kappa shape index (κ2) is 3.95. The number of piperidine rings is 1. The Morgan fingerprint density at radius 2 is 2.57 bits per heavy atom. The molecule has 0 radical (unpaired) electrons. The number of nitrogens with zero attached hydrogens (tertiary/aromatic N) is 2. The van der Waals surface area contributed by atoms with E-state index in [1.54, 1.807) is 18.3 Å². The maximum atomic E-state index is 13.7. The normalized spacial score (nSPS) is 29.3. The molecule has 1 aliphatic heterocycles. The SMILES string of the molecule is C[C@@]1(F)CCCN(Cc2cscn2)C1. The molecule has 0 N–H and O–H groups in total. The van der Waals surface area contributed by atoms with Crippen LogP contribution in [0, 0.1) is 0 Å². The van der Waals surface area contributed by atoms with Crippen LogP contribution in [0.4, 0.5) is 4.39 Å². The maximum Gasteiger partial charge on any atom is 0.120 e. The Bertz CT molecular complexity index is 284. The first-order valence-electron chi connectivity index (χ1n) is 4.94. The summed E-state index contributed by atoms with van der Waals surface area (Å²) in [6.45, 7) is 4.03. The summed E-state index contributed by atoms with van der Waals surface area (Å²) in [5.41, 5.74) is 1.88. The Hall–Kier alpha value is -0.480. The largest absolute Gasteiger partial charge is 0.294 e. The molecule has 0 aromatic carbocycles. The van der Waals surface area contributed by atoms with E-state index in [4.69, 9.17) is 0 Å². The lowest BCUT2D eigenvalue weighted by Gasteiger charge is -2.34. The van der Waals surface area contributed by atoms with Crippen molar-refractivity contribution >= 4 is 11.3 Å². The van der Waals surface area contributed by atoms with Gasteiger partial charge in [-0.1, -0.05) is 0 Å². The van der Waals surface area contributed by atoms with Crippen molar-refractivity contribution in [3.8, 4) is 0 Å². The number of likely N-dealkylation sites (tertiary alicyclic amines) is 1. The third-order valence-corrected chi connectivity index (χ3v) is 3.23. The highest BCUT2D eigenvalue weighted by Gasteiger charge is 2.30. The van der Waals surface area contributed by atoms with E-state index in [-0.39, 0.29) is 0 Å². The second-order valence-corrected chi connectivity index (χ2v) is 4.93. The van der Waals surface area contributed by atoms with Crippen LogP contribution >= 0.6 is 11.3 Å². The zero-order valence-electron chi connectivity index (χ0n) is 8.37. The van der Waals surface area contributed by atoms with Crippen LogP contribution < -0.4 is 0 Å². The van der Waals surface area contributed by atoms with Crippen molar-refractivity contribution < 1.29 is 4.39 Å². The van der Waals surface area contributed by atoms with Gasteiger partial charge in [0.25, 0.3) is 0 Å². The molecule has 0 aliphatic carbocycles. The van der Waals surface area contributed by atoms with E-state index >= 15 is 0 Å². The first-order valence-corrected chi connectivity index (χ1v) is 5.88. The number of thiazole rings is 1. The van der Waals surface area contributed by atoms with Crippen molar-refractivity contribution in [2.24, 2.45) is 0 Å². The van der Waals surface area contributed by atoms with Gasteiger partial charge in [-0.15, -0.1) is 11.3 Å². The Kier molecular flexibility index (Phi) is 2.83. The van der Waals surface area contributed by atoms with Gasteiger partial charge in [-0.3, -0.25) is 4.90 Å². The van der Waals surface area contributed by atoms with E-state index in [9.17, 15) is 4.39 Å². The molecule has 78 valence electrons. The van der Waals surface area contributed by atoms with Crippen molar-refractivity contribution in [3.63, 3.8) is 0 Å². The standard InChI is InChI=1S/C10H15FN2S/c1-10(11)3-2-4-13(7-10)5-9-6-14-8-12-9/h6,8H,2-5,7H2,1H3/t10-/m1/s1. The number of hydrogen-bond acceptors (Lipinski definition) is 3. The smallest absolute Gasteiger partial charge is 0.120 e. The summed E-state index contributed by atoms with van der Waals surface area (Å²) in [6.07, 6.45) is 1.65. The molecule has 14 heavy (non-hydrogen) atoms. The molecule has 1 fully saturated rings. The van der Waals surface area contributed by atoms with Gasteiger partial charge in [0.2, 0.25) is 0 Å². The van der Waals surface area contributed by atoms with Gasteiger partial charge in [0.1, 0.15) is 5.67 Å². The Morgan fingerprint density at radius 1 is 1.71 bits per heavy atom. The lowest BCUT2D eigenvalue weighted by Crippen LogP contribution is -2.42. The lowest BCUT2D eigenvalue weighted by atomic mass is 9.97. The minimum absolute atomic E-state index is 0.546. The molecule has 1 saturated heterocycles. The number of halogens is 1. The summed E-state index contributed by atoms with van der Waals surface area (Å²) in [4.78, 5) is 6.36. The highest BCUT2D eigenvalue weighted by Crippen LogP contribution is 2.25. The monoisotopic (exact) mass is 214 g/mol. The summed E-state index contributed by atoms with van der Waals surface area (Å²) in [7, 11) is 0. The van der Waals surface area contributed by atoms with Crippen molar-refractivity contribution in [1.82, 2.24) is 9.88 Å². The third-order valence-electron chi connectivity index (χ3n) is 2.59. The van der Waals surface area contributed by atoms with Crippen LogP contribution in [-0.2, 0) is 6.54 Å². The molecule has 1 aromatic heterocycles. The van der Waals surface area contributed by atoms with Crippen LogP contribution in [0.15, 0.2) is 10.9 Å². The molecule has 0 spiro atoms. The van der Waals surface area contributed by atoms with Gasteiger partial charge in [-0.05, 0) is 26.3 Å². The molecule has 2 rings (SSSR count). The van der Waals surface area contributed by atoms with Crippen LogP contribution in [0.3, 0.4) is 0 Å². The first kappa shape index (κ1) is 10.1. The molecule has 4 heteroatoms. The van der Waals surface area contributed by atoms with Gasteiger partial charge >= 0.3 is 0 Å². The van der Waals surface area contributed by atoms with Gasteiger partial charge in [-0.2, -0.15) is 0 Å². The van der Waals surface area contributed by atoms with E-state index in [0.29, 0.717) is 13.0 Å². The quantitative estimate of drug-likeness (QED) is 0.752. The molecular formula is C10H15FN2S. The van der Waals surface area contributed by atoms with E-state index in [1.807, 2.05) is 10.9 Å². The fourth-order valence-corrected chi connectivity index (χ4v) is 2.52. The molecule has 2 nitrogen and oxygen atoms in total. The molecule has 0 unspecified atom stereocenters. The van der Waals surface area contributed by atoms with Crippen molar-refractivity contribution in [1.29, 1.82) is 0 Å². The highest BCUT2D eigenvalue weighted by molar-refractivity contribution is 7.07. The van der Waals surface area contributed by atoms with Gasteiger partial charge < -0.3 is 0 Å². The predicted molar refractivity (Wildman–Crippen MR) is 56.1 cm³/mol. The van der Waals surface area contributed by atoms with Crippen molar-refractivity contribution in [2.75, 3.05) is 13.1 Å².